The number of rotatable bonds is 0. The molecule has 4 nitrogen and oxygen atoms in total. The number of nitrogens with zero attached hydrogens (tertiary/aromatic N) is 3. The van der Waals surface area contributed by atoms with Crippen molar-refractivity contribution in [1.29, 1.82) is 0 Å². The minimum atomic E-state index is 0.299. The van der Waals surface area contributed by atoms with Crippen LogP contribution < -0.4 is 5.73 Å². The number of hydrogen-bond donors (Lipinski definition) is 1. The van der Waals surface area contributed by atoms with Crippen molar-refractivity contribution in [3.8, 4) is 0 Å². The smallest absolute Gasteiger partial charge is 0.247 e. The van der Waals surface area contributed by atoms with E-state index in [0.717, 1.165) is 0 Å². The second kappa shape index (κ2) is 1.78. The van der Waals surface area contributed by atoms with Crippen LogP contribution in [0.15, 0.2) is 6.20 Å². The monoisotopic (exact) mass is 122 g/mol. The Morgan fingerprint density at radius 1 is 1.89 bits per heavy atom. The molecule has 0 radical (unpaired) electrons. The molecule has 0 saturated carbocycles. The molecule has 0 saturated heterocycles. The molecule has 0 aromatic carbocycles. The molecule has 0 unspecified atom stereocenters. The Morgan fingerprint density at radius 2 is 2.56 bits per heavy atom. The van der Waals surface area contributed by atoms with Gasteiger partial charge < -0.3 is 5.73 Å². The van der Waals surface area contributed by atoms with E-state index >= 15 is 0 Å². The molecular formula is C5H6N4. The highest BCUT2D eigenvalue weighted by molar-refractivity contribution is 5.61. The quantitative estimate of drug-likeness (QED) is 0.511. The van der Waals surface area contributed by atoms with Gasteiger partial charge >= 0.3 is 0 Å². The summed E-state index contributed by atoms with van der Waals surface area (Å²) in [7, 11) is 1.73. The fourth-order valence-electron chi connectivity index (χ4n) is 0.579. The van der Waals surface area contributed by atoms with Crippen LogP contribution in [0.25, 0.3) is 4.85 Å². The molecule has 0 amide bonds. The van der Waals surface area contributed by atoms with Crippen molar-refractivity contribution in [2.75, 3.05) is 5.73 Å². The number of hydrogen-bond acceptors (Lipinski definition) is 2. The minimum absolute atomic E-state index is 0.299. The van der Waals surface area contributed by atoms with Crippen LogP contribution in [0.1, 0.15) is 0 Å². The number of aryl methyl sites for hydroxylation is 1. The van der Waals surface area contributed by atoms with Crippen molar-refractivity contribution in [1.82, 2.24) is 9.78 Å². The first-order chi connectivity index (χ1) is 4.24. The lowest BCUT2D eigenvalue weighted by Gasteiger charge is -1.80. The second-order valence-corrected chi connectivity index (χ2v) is 1.69. The summed E-state index contributed by atoms with van der Waals surface area (Å²) < 4.78 is 1.52. The van der Waals surface area contributed by atoms with E-state index in [-0.39, 0.29) is 0 Å². The van der Waals surface area contributed by atoms with Crippen LogP contribution in [-0.4, -0.2) is 9.78 Å². The summed E-state index contributed by atoms with van der Waals surface area (Å²) in [6.45, 7) is 6.59. The summed E-state index contributed by atoms with van der Waals surface area (Å²) in [6, 6.07) is 0. The maximum absolute atomic E-state index is 6.59. The molecule has 0 fully saturated rings. The van der Waals surface area contributed by atoms with Gasteiger partial charge in [-0.15, -0.1) is 0 Å². The van der Waals surface area contributed by atoms with E-state index in [2.05, 4.69) is 9.94 Å². The van der Waals surface area contributed by atoms with Crippen LogP contribution in [0.3, 0.4) is 0 Å². The van der Waals surface area contributed by atoms with E-state index in [9.17, 15) is 0 Å². The fourth-order valence-corrected chi connectivity index (χ4v) is 0.579. The predicted molar refractivity (Wildman–Crippen MR) is 33.9 cm³/mol. The van der Waals surface area contributed by atoms with Crippen molar-refractivity contribution in [2.24, 2.45) is 7.05 Å². The largest absolute Gasteiger partial charge is 0.391 e. The SMILES string of the molecule is [C-]#[N+]c1cn(C)nc1N. The summed E-state index contributed by atoms with van der Waals surface area (Å²) in [4.78, 5) is 3.13. The van der Waals surface area contributed by atoms with Crippen LogP contribution in [0.2, 0.25) is 0 Å². The zero-order valence-corrected chi connectivity index (χ0v) is 5.00. The van der Waals surface area contributed by atoms with Gasteiger partial charge in [-0.1, -0.05) is 0 Å². The van der Waals surface area contributed by atoms with E-state index < -0.39 is 0 Å². The Morgan fingerprint density at radius 3 is 2.78 bits per heavy atom. The summed E-state index contributed by atoms with van der Waals surface area (Å²) in [5, 5.41) is 3.76. The normalized spacial score (nSPS) is 8.89. The molecule has 9 heavy (non-hydrogen) atoms. The average molecular weight is 122 g/mol. The fraction of sp³-hybridized carbons (Fsp3) is 0.200. The Kier molecular flexibility index (Phi) is 1.12. The Bertz CT molecular complexity index is 254. The summed E-state index contributed by atoms with van der Waals surface area (Å²) in [6.07, 6.45) is 1.59. The lowest BCUT2D eigenvalue weighted by Crippen LogP contribution is -1.89. The third-order valence-electron chi connectivity index (χ3n) is 0.957. The van der Waals surface area contributed by atoms with E-state index in [1.807, 2.05) is 0 Å². The van der Waals surface area contributed by atoms with Gasteiger partial charge in [-0.05, 0) is 0 Å². The summed E-state index contributed by atoms with van der Waals surface area (Å²) in [5.74, 6) is 0.299. The first-order valence-electron chi connectivity index (χ1n) is 2.40. The lowest BCUT2D eigenvalue weighted by molar-refractivity contribution is 0.772. The molecule has 1 rings (SSSR count). The standard InChI is InChI=1S/C5H6N4/c1-7-4-3-9(2)8-5(4)6/h3H,2H3,(H2,6,8). The van der Waals surface area contributed by atoms with E-state index in [1.54, 1.807) is 13.2 Å². The molecule has 0 aliphatic heterocycles. The molecule has 1 heterocycles. The average Bonchev–Trinajstić information content (AvgIpc) is 2.10. The predicted octanol–water partition coefficient (Wildman–Crippen LogP) is 0.553. The zero-order chi connectivity index (χ0) is 6.85. The summed E-state index contributed by atoms with van der Waals surface area (Å²) >= 11 is 0. The first-order valence-corrected chi connectivity index (χ1v) is 2.40. The molecular weight excluding hydrogens is 116 g/mol. The molecule has 0 bridgehead atoms. The molecule has 0 aliphatic rings. The maximum Gasteiger partial charge on any atom is 0.247 e. The van der Waals surface area contributed by atoms with Gasteiger partial charge in [0.15, 0.2) is 5.82 Å². The first kappa shape index (κ1) is 5.63. The zero-order valence-electron chi connectivity index (χ0n) is 5.00. The molecule has 1 aromatic heterocycles. The minimum Gasteiger partial charge on any atom is -0.391 e. The van der Waals surface area contributed by atoms with Crippen molar-refractivity contribution >= 4 is 11.5 Å². The second-order valence-electron chi connectivity index (χ2n) is 1.69. The Labute approximate surface area is 52.7 Å². The number of nitrogen functional groups attached to an aromatic ring is 1. The van der Waals surface area contributed by atoms with Gasteiger partial charge in [0.25, 0.3) is 0 Å². The lowest BCUT2D eigenvalue weighted by atomic mass is 10.5. The molecule has 0 aliphatic carbocycles. The Balaban J connectivity index is 3.20. The van der Waals surface area contributed by atoms with Crippen molar-refractivity contribution in [3.05, 3.63) is 17.6 Å². The van der Waals surface area contributed by atoms with Crippen LogP contribution in [0, 0.1) is 6.57 Å². The number of anilines is 1. The number of nitrogens with two attached hydrogens (primary N) is 1. The van der Waals surface area contributed by atoms with Crippen LogP contribution >= 0.6 is 0 Å². The Hall–Kier alpha value is -1.50. The van der Waals surface area contributed by atoms with Crippen LogP contribution in [0.5, 0.6) is 0 Å². The molecule has 2 N–H and O–H groups in total. The molecule has 0 spiro atoms. The molecule has 1 aromatic rings. The van der Waals surface area contributed by atoms with Crippen molar-refractivity contribution in [3.63, 3.8) is 0 Å². The maximum atomic E-state index is 6.59. The highest BCUT2D eigenvalue weighted by atomic mass is 15.3. The van der Waals surface area contributed by atoms with Gasteiger partial charge in [0.1, 0.15) is 0 Å². The van der Waals surface area contributed by atoms with Crippen LogP contribution in [0.4, 0.5) is 11.5 Å². The third kappa shape index (κ3) is 0.842. The van der Waals surface area contributed by atoms with E-state index in [0.29, 0.717) is 11.5 Å². The van der Waals surface area contributed by atoms with Crippen molar-refractivity contribution < 1.29 is 0 Å². The van der Waals surface area contributed by atoms with E-state index in [1.165, 1.54) is 4.68 Å². The third-order valence-corrected chi connectivity index (χ3v) is 0.957. The van der Waals surface area contributed by atoms with Crippen LogP contribution in [-0.2, 0) is 7.05 Å². The number of aromatic nitrogens is 2. The van der Waals surface area contributed by atoms with Gasteiger partial charge in [0, 0.05) is 13.2 Å². The highest BCUT2D eigenvalue weighted by Gasteiger charge is 1.99. The molecule has 46 valence electrons. The summed E-state index contributed by atoms with van der Waals surface area (Å²) in [5.41, 5.74) is 5.72. The van der Waals surface area contributed by atoms with E-state index in [4.69, 9.17) is 12.3 Å². The highest BCUT2D eigenvalue weighted by Crippen LogP contribution is 2.17. The van der Waals surface area contributed by atoms with Gasteiger partial charge in [-0.25, -0.2) is 4.85 Å². The van der Waals surface area contributed by atoms with Gasteiger partial charge in [-0.2, -0.15) is 5.10 Å². The molecule has 0 atom stereocenters. The van der Waals surface area contributed by atoms with Gasteiger partial charge in [-0.3, -0.25) is 4.68 Å². The topological polar surface area (TPSA) is 48.2 Å². The van der Waals surface area contributed by atoms with Gasteiger partial charge in [0.2, 0.25) is 5.69 Å². The van der Waals surface area contributed by atoms with Crippen molar-refractivity contribution in [2.45, 2.75) is 0 Å². The molecule has 4 heteroatoms. The van der Waals surface area contributed by atoms with Gasteiger partial charge in [0.05, 0.1) is 6.57 Å².